The number of aromatic nitrogens is 2. The van der Waals surface area contributed by atoms with Crippen molar-refractivity contribution in [2.45, 2.75) is 31.5 Å². The average molecular weight is 512 g/mol. The number of hydrogen-bond acceptors (Lipinski definition) is 4. The van der Waals surface area contributed by atoms with Crippen LogP contribution in [0.4, 0.5) is 23.7 Å². The number of alkyl halides is 3. The summed E-state index contributed by atoms with van der Waals surface area (Å²) in [6, 6.07) is 12.0. The van der Waals surface area contributed by atoms with Crippen molar-refractivity contribution in [2.75, 3.05) is 18.4 Å². The normalized spacial score (nSPS) is 14.6. The fourth-order valence-corrected chi connectivity index (χ4v) is 4.54. The number of urea groups is 1. The number of benzene rings is 1. The summed E-state index contributed by atoms with van der Waals surface area (Å²) in [5.41, 5.74) is 2.96. The van der Waals surface area contributed by atoms with E-state index in [2.05, 4.69) is 20.0 Å². The lowest BCUT2D eigenvalue weighted by molar-refractivity contribution is -0.153. The monoisotopic (exact) mass is 511 g/mol. The summed E-state index contributed by atoms with van der Waals surface area (Å²) in [6.07, 6.45) is 2.86. The van der Waals surface area contributed by atoms with Gasteiger partial charge in [0.1, 0.15) is 5.65 Å². The van der Waals surface area contributed by atoms with Gasteiger partial charge in [0.05, 0.1) is 11.8 Å². The quantitative estimate of drug-likeness (QED) is 0.381. The first-order valence-electron chi connectivity index (χ1n) is 11.8. The number of rotatable bonds is 5. The van der Waals surface area contributed by atoms with E-state index in [0.29, 0.717) is 38.2 Å². The van der Waals surface area contributed by atoms with Crippen LogP contribution < -0.4 is 10.6 Å². The molecule has 37 heavy (non-hydrogen) atoms. The second kappa shape index (κ2) is 10.00. The minimum atomic E-state index is -4.71. The first-order valence-corrected chi connectivity index (χ1v) is 11.8. The molecule has 1 aliphatic heterocycles. The highest BCUT2D eigenvalue weighted by molar-refractivity contribution is 5.95. The third-order valence-corrected chi connectivity index (χ3v) is 6.49. The number of halogens is 3. The van der Waals surface area contributed by atoms with E-state index in [1.54, 1.807) is 6.20 Å². The summed E-state index contributed by atoms with van der Waals surface area (Å²) in [6.45, 7) is 1.05. The molecule has 4 aromatic rings. The fraction of sp³-hybridized carbons (Fsp3) is 0.269. The van der Waals surface area contributed by atoms with Gasteiger partial charge < -0.3 is 24.4 Å². The molecule has 3 amide bonds. The van der Waals surface area contributed by atoms with Gasteiger partial charge in [0.25, 0.3) is 5.91 Å². The van der Waals surface area contributed by atoms with E-state index < -0.39 is 23.4 Å². The number of likely N-dealkylation sites (tertiary alicyclic amines) is 1. The molecule has 0 atom stereocenters. The zero-order valence-electron chi connectivity index (χ0n) is 19.7. The van der Waals surface area contributed by atoms with Gasteiger partial charge in [-0.25, -0.2) is 9.78 Å². The molecule has 0 unspecified atom stereocenters. The highest BCUT2D eigenvalue weighted by atomic mass is 19.4. The number of carbonyl (C=O) groups excluding carboxylic acids is 2. The molecule has 0 spiro atoms. The fourth-order valence-electron chi connectivity index (χ4n) is 4.54. The lowest BCUT2D eigenvalue weighted by atomic mass is 9.89. The number of carbonyl (C=O) groups is 2. The predicted octanol–water partition coefficient (Wildman–Crippen LogP) is 5.29. The Hall–Kier alpha value is -4.28. The lowest BCUT2D eigenvalue weighted by Gasteiger charge is -2.32. The molecule has 2 N–H and O–H groups in total. The minimum absolute atomic E-state index is 0.163. The lowest BCUT2D eigenvalue weighted by Crippen LogP contribution is -2.38. The molecule has 11 heteroatoms. The topological polar surface area (TPSA) is 91.9 Å². The third kappa shape index (κ3) is 5.45. The molecule has 0 radical (unpaired) electrons. The first kappa shape index (κ1) is 24.4. The zero-order valence-corrected chi connectivity index (χ0v) is 19.7. The van der Waals surface area contributed by atoms with E-state index >= 15 is 0 Å². The Morgan fingerprint density at radius 1 is 1.05 bits per heavy atom. The van der Waals surface area contributed by atoms with Gasteiger partial charge in [0.2, 0.25) is 5.76 Å². The summed E-state index contributed by atoms with van der Waals surface area (Å²) >= 11 is 0. The molecule has 1 aromatic carbocycles. The third-order valence-electron chi connectivity index (χ3n) is 6.49. The van der Waals surface area contributed by atoms with Crippen molar-refractivity contribution in [3.63, 3.8) is 0 Å². The van der Waals surface area contributed by atoms with E-state index in [1.807, 2.05) is 53.2 Å². The van der Waals surface area contributed by atoms with Crippen molar-refractivity contribution < 1.29 is 27.2 Å². The van der Waals surface area contributed by atoms with Gasteiger partial charge in [-0.3, -0.25) is 4.79 Å². The van der Waals surface area contributed by atoms with Crippen LogP contribution in [0.15, 0.2) is 71.7 Å². The van der Waals surface area contributed by atoms with Crippen LogP contribution in [0.5, 0.6) is 0 Å². The maximum absolute atomic E-state index is 13.1. The van der Waals surface area contributed by atoms with Gasteiger partial charge in [-0.2, -0.15) is 13.2 Å². The molecule has 3 aromatic heterocycles. The largest absolute Gasteiger partial charge is 0.459 e. The molecule has 5 rings (SSSR count). The van der Waals surface area contributed by atoms with Crippen molar-refractivity contribution in [3.05, 3.63) is 89.8 Å². The van der Waals surface area contributed by atoms with E-state index in [-0.39, 0.29) is 11.9 Å². The maximum atomic E-state index is 13.1. The van der Waals surface area contributed by atoms with Crippen molar-refractivity contribution in [3.8, 4) is 0 Å². The van der Waals surface area contributed by atoms with Crippen LogP contribution in [0.25, 0.3) is 5.65 Å². The van der Waals surface area contributed by atoms with Crippen molar-refractivity contribution in [2.24, 2.45) is 0 Å². The molecule has 0 bridgehead atoms. The molecule has 1 fully saturated rings. The standard InChI is InChI=1S/C26H24F3N5O3/c27-26(28,29)23-21(8-14-37-23)24(35)34-11-6-19(7-12-34)18-1-3-20(4-2-18)32-25(36)31-16-17-5-10-33-13-9-30-22(33)15-17/h1-5,8-10,13-15,19H,6-7,11-12,16H2,(H2,31,32,36). The van der Waals surface area contributed by atoms with Crippen LogP contribution in [0, 0.1) is 0 Å². The second-order valence-electron chi connectivity index (χ2n) is 8.89. The Morgan fingerprint density at radius 3 is 2.54 bits per heavy atom. The Morgan fingerprint density at radius 2 is 1.81 bits per heavy atom. The van der Waals surface area contributed by atoms with Crippen LogP contribution in [-0.4, -0.2) is 39.3 Å². The number of fused-ring (bicyclic) bond motifs is 1. The van der Waals surface area contributed by atoms with E-state index in [0.717, 1.165) is 29.1 Å². The van der Waals surface area contributed by atoms with Crippen LogP contribution in [0.1, 0.15) is 46.0 Å². The number of hydrogen-bond donors (Lipinski definition) is 2. The SMILES string of the molecule is O=C(NCc1ccn2ccnc2c1)Nc1ccc(C2CCN(C(=O)c3ccoc3C(F)(F)F)CC2)cc1. The highest BCUT2D eigenvalue weighted by Crippen LogP contribution is 2.35. The Labute approximate surface area is 210 Å². The number of nitrogens with zero attached hydrogens (tertiary/aromatic N) is 3. The molecule has 1 saturated heterocycles. The number of nitrogens with one attached hydrogen (secondary N) is 2. The first-order chi connectivity index (χ1) is 17.8. The van der Waals surface area contributed by atoms with Crippen molar-refractivity contribution >= 4 is 23.3 Å². The Balaban J connectivity index is 1.11. The molecule has 1 aliphatic rings. The van der Waals surface area contributed by atoms with Gasteiger partial charge >= 0.3 is 12.2 Å². The molecule has 8 nitrogen and oxygen atoms in total. The summed E-state index contributed by atoms with van der Waals surface area (Å²) in [4.78, 5) is 30.6. The van der Waals surface area contributed by atoms with Crippen molar-refractivity contribution in [1.29, 1.82) is 0 Å². The molecule has 0 aliphatic carbocycles. The second-order valence-corrected chi connectivity index (χ2v) is 8.89. The molecule has 4 heterocycles. The highest BCUT2D eigenvalue weighted by Gasteiger charge is 2.40. The number of furan rings is 1. The zero-order chi connectivity index (χ0) is 26.0. The van der Waals surface area contributed by atoms with Gasteiger partial charge in [0.15, 0.2) is 0 Å². The predicted molar refractivity (Wildman–Crippen MR) is 129 cm³/mol. The summed E-state index contributed by atoms with van der Waals surface area (Å²) in [5, 5.41) is 5.63. The van der Waals surface area contributed by atoms with Crippen LogP contribution in [0.2, 0.25) is 0 Å². The minimum Gasteiger partial charge on any atom is -0.459 e. The molecule has 0 saturated carbocycles. The van der Waals surface area contributed by atoms with Gasteiger partial charge in [-0.05, 0) is 60.2 Å². The number of anilines is 1. The number of imidazole rings is 1. The summed E-state index contributed by atoms with van der Waals surface area (Å²) < 4.78 is 45.6. The summed E-state index contributed by atoms with van der Waals surface area (Å²) in [5.74, 6) is -1.77. The Kier molecular flexibility index (Phi) is 6.60. The van der Waals surface area contributed by atoms with Crippen molar-refractivity contribution in [1.82, 2.24) is 19.6 Å². The van der Waals surface area contributed by atoms with Crippen LogP contribution in [0.3, 0.4) is 0 Å². The number of amides is 3. The van der Waals surface area contributed by atoms with Gasteiger partial charge in [-0.1, -0.05) is 12.1 Å². The van der Waals surface area contributed by atoms with Crippen LogP contribution in [-0.2, 0) is 12.7 Å². The van der Waals surface area contributed by atoms with Gasteiger partial charge in [-0.15, -0.1) is 0 Å². The van der Waals surface area contributed by atoms with Gasteiger partial charge in [0, 0.05) is 43.9 Å². The molecular weight excluding hydrogens is 487 g/mol. The summed E-state index contributed by atoms with van der Waals surface area (Å²) in [7, 11) is 0. The van der Waals surface area contributed by atoms with E-state index in [1.165, 1.54) is 4.90 Å². The average Bonchev–Trinajstić information content (AvgIpc) is 3.57. The Bertz CT molecular complexity index is 1400. The number of pyridine rings is 1. The maximum Gasteiger partial charge on any atom is 0.450 e. The molecular formula is C26H24F3N5O3. The smallest absolute Gasteiger partial charge is 0.450 e. The van der Waals surface area contributed by atoms with E-state index in [9.17, 15) is 22.8 Å². The van der Waals surface area contributed by atoms with E-state index in [4.69, 9.17) is 0 Å². The number of piperidine rings is 1. The van der Waals surface area contributed by atoms with Crippen LogP contribution >= 0.6 is 0 Å². The molecule has 192 valence electrons.